The molecule has 3 aromatic rings. The molecule has 0 saturated heterocycles. The fourth-order valence-corrected chi connectivity index (χ4v) is 2.45. The van der Waals surface area contributed by atoms with Gasteiger partial charge in [0.15, 0.2) is 11.6 Å². The second-order valence-corrected chi connectivity index (χ2v) is 5.07. The first-order chi connectivity index (χ1) is 11.0. The smallest absolute Gasteiger partial charge is 0.341 e. The number of hydrogen-bond donors (Lipinski definition) is 1. The van der Waals surface area contributed by atoms with Crippen LogP contribution in [0, 0.1) is 11.6 Å². The number of pyridine rings is 1. The number of fused-ring (bicyclic) bond motifs is 1. The molecule has 0 amide bonds. The summed E-state index contributed by atoms with van der Waals surface area (Å²) in [5, 5.41) is 8.99. The van der Waals surface area contributed by atoms with Crippen LogP contribution in [0.3, 0.4) is 0 Å². The SMILES string of the molecule is O=C(O)c1cn(Cc2ccccc2)c2cc(F)c(F)cc2c1=O. The van der Waals surface area contributed by atoms with Gasteiger partial charge in [0.05, 0.1) is 5.52 Å². The number of benzene rings is 2. The van der Waals surface area contributed by atoms with E-state index in [1.807, 2.05) is 18.2 Å². The molecule has 0 unspecified atom stereocenters. The van der Waals surface area contributed by atoms with Crippen molar-refractivity contribution in [1.29, 1.82) is 0 Å². The molecule has 116 valence electrons. The third kappa shape index (κ3) is 2.70. The molecule has 1 heterocycles. The molecule has 0 atom stereocenters. The van der Waals surface area contributed by atoms with Crippen LogP contribution in [0.4, 0.5) is 8.78 Å². The van der Waals surface area contributed by atoms with E-state index in [0.29, 0.717) is 0 Å². The number of carbonyl (C=O) groups is 1. The Kier molecular flexibility index (Phi) is 3.65. The molecule has 0 fully saturated rings. The summed E-state index contributed by atoms with van der Waals surface area (Å²) in [6, 6.07) is 10.7. The molecule has 0 bridgehead atoms. The van der Waals surface area contributed by atoms with E-state index in [1.165, 1.54) is 4.57 Å². The number of halogens is 2. The Morgan fingerprint density at radius 3 is 2.39 bits per heavy atom. The molecule has 2 aromatic carbocycles. The quantitative estimate of drug-likeness (QED) is 0.808. The average Bonchev–Trinajstić information content (AvgIpc) is 2.52. The number of carboxylic acid groups (broad SMARTS) is 1. The topological polar surface area (TPSA) is 59.3 Å². The molecule has 0 radical (unpaired) electrons. The van der Waals surface area contributed by atoms with Gasteiger partial charge in [-0.25, -0.2) is 13.6 Å². The molecule has 0 aliphatic rings. The molecule has 0 aliphatic heterocycles. The molecule has 1 aromatic heterocycles. The van der Waals surface area contributed by atoms with Crippen molar-refractivity contribution in [3.8, 4) is 0 Å². The van der Waals surface area contributed by atoms with Gasteiger partial charge in [-0.1, -0.05) is 30.3 Å². The number of aromatic carboxylic acids is 1. The van der Waals surface area contributed by atoms with Gasteiger partial charge >= 0.3 is 5.97 Å². The number of hydrogen-bond acceptors (Lipinski definition) is 2. The van der Waals surface area contributed by atoms with Crippen LogP contribution in [0.2, 0.25) is 0 Å². The number of nitrogens with zero attached hydrogens (tertiary/aromatic N) is 1. The Balaban J connectivity index is 2.31. The lowest BCUT2D eigenvalue weighted by Gasteiger charge is -2.13. The summed E-state index contributed by atoms with van der Waals surface area (Å²) < 4.78 is 28.4. The predicted octanol–water partition coefficient (Wildman–Crippen LogP) is 3.03. The van der Waals surface area contributed by atoms with Crippen LogP contribution in [0.15, 0.2) is 53.5 Å². The van der Waals surface area contributed by atoms with Gasteiger partial charge in [-0.05, 0) is 11.6 Å². The van der Waals surface area contributed by atoms with Gasteiger partial charge in [0.25, 0.3) is 0 Å². The van der Waals surface area contributed by atoms with E-state index in [2.05, 4.69) is 0 Å². The maximum Gasteiger partial charge on any atom is 0.341 e. The summed E-state index contributed by atoms with van der Waals surface area (Å²) >= 11 is 0. The molecule has 1 N–H and O–H groups in total. The highest BCUT2D eigenvalue weighted by Crippen LogP contribution is 2.18. The van der Waals surface area contributed by atoms with Crippen molar-refractivity contribution in [3.05, 3.63) is 81.6 Å². The van der Waals surface area contributed by atoms with Gasteiger partial charge in [0.1, 0.15) is 5.56 Å². The van der Waals surface area contributed by atoms with Gasteiger partial charge in [-0.15, -0.1) is 0 Å². The first-order valence-electron chi connectivity index (χ1n) is 6.77. The standard InChI is InChI=1S/C17H11F2NO3/c18-13-6-11-15(7-14(13)19)20(8-10-4-2-1-3-5-10)9-12(16(11)21)17(22)23/h1-7,9H,8H2,(H,22,23). The van der Waals surface area contributed by atoms with E-state index in [9.17, 15) is 18.4 Å². The van der Waals surface area contributed by atoms with Crippen LogP contribution < -0.4 is 5.43 Å². The second kappa shape index (κ2) is 5.64. The van der Waals surface area contributed by atoms with E-state index in [1.54, 1.807) is 12.1 Å². The van der Waals surface area contributed by atoms with Crippen molar-refractivity contribution < 1.29 is 18.7 Å². The first kappa shape index (κ1) is 14.9. The van der Waals surface area contributed by atoms with E-state index in [0.717, 1.165) is 23.9 Å². The highest BCUT2D eigenvalue weighted by molar-refractivity contribution is 5.92. The van der Waals surface area contributed by atoms with Gasteiger partial charge < -0.3 is 9.67 Å². The maximum atomic E-state index is 13.6. The third-order valence-corrected chi connectivity index (χ3v) is 3.55. The van der Waals surface area contributed by atoms with Crippen LogP contribution in [0.25, 0.3) is 10.9 Å². The molecule has 4 nitrogen and oxygen atoms in total. The Bertz CT molecular complexity index is 965. The van der Waals surface area contributed by atoms with Crippen LogP contribution in [-0.4, -0.2) is 15.6 Å². The zero-order chi connectivity index (χ0) is 16.6. The molecular weight excluding hydrogens is 304 g/mol. The Morgan fingerprint density at radius 1 is 1.09 bits per heavy atom. The molecule has 0 aliphatic carbocycles. The fourth-order valence-electron chi connectivity index (χ4n) is 2.45. The van der Waals surface area contributed by atoms with Crippen molar-refractivity contribution in [1.82, 2.24) is 4.57 Å². The van der Waals surface area contributed by atoms with E-state index >= 15 is 0 Å². The third-order valence-electron chi connectivity index (χ3n) is 3.55. The summed E-state index contributed by atoms with van der Waals surface area (Å²) in [4.78, 5) is 23.4. The second-order valence-electron chi connectivity index (χ2n) is 5.07. The van der Waals surface area contributed by atoms with Crippen molar-refractivity contribution in [2.24, 2.45) is 0 Å². The van der Waals surface area contributed by atoms with Crippen molar-refractivity contribution in [2.45, 2.75) is 6.54 Å². The Labute approximate surface area is 129 Å². The van der Waals surface area contributed by atoms with Gasteiger partial charge in [0.2, 0.25) is 5.43 Å². The van der Waals surface area contributed by atoms with Crippen molar-refractivity contribution in [3.63, 3.8) is 0 Å². The minimum Gasteiger partial charge on any atom is -0.477 e. The van der Waals surface area contributed by atoms with Gasteiger partial charge in [0, 0.05) is 24.2 Å². The van der Waals surface area contributed by atoms with Gasteiger partial charge in [-0.2, -0.15) is 0 Å². The molecule has 6 heteroatoms. The summed E-state index contributed by atoms with van der Waals surface area (Å²) in [7, 11) is 0. The minimum atomic E-state index is -1.41. The summed E-state index contributed by atoms with van der Waals surface area (Å²) in [5.74, 6) is -3.70. The average molecular weight is 315 g/mol. The zero-order valence-electron chi connectivity index (χ0n) is 11.8. The lowest BCUT2D eigenvalue weighted by atomic mass is 10.1. The first-order valence-corrected chi connectivity index (χ1v) is 6.77. The maximum absolute atomic E-state index is 13.6. The van der Waals surface area contributed by atoms with E-state index in [-0.39, 0.29) is 17.4 Å². The Hall–Kier alpha value is -3.02. The lowest BCUT2D eigenvalue weighted by Crippen LogP contribution is -2.19. The largest absolute Gasteiger partial charge is 0.477 e. The van der Waals surface area contributed by atoms with Crippen molar-refractivity contribution in [2.75, 3.05) is 0 Å². The number of aromatic nitrogens is 1. The molecule has 0 saturated carbocycles. The Morgan fingerprint density at radius 2 is 1.74 bits per heavy atom. The molecular formula is C17H11F2NO3. The van der Waals surface area contributed by atoms with Crippen LogP contribution in [-0.2, 0) is 6.54 Å². The molecule has 3 rings (SSSR count). The monoisotopic (exact) mass is 315 g/mol. The number of rotatable bonds is 3. The van der Waals surface area contributed by atoms with Crippen LogP contribution >= 0.6 is 0 Å². The molecule has 23 heavy (non-hydrogen) atoms. The summed E-state index contributed by atoms with van der Waals surface area (Å²) in [5.41, 5.74) is -0.351. The highest BCUT2D eigenvalue weighted by atomic mass is 19.2. The van der Waals surface area contributed by atoms with E-state index < -0.39 is 28.6 Å². The predicted molar refractivity (Wildman–Crippen MR) is 80.6 cm³/mol. The highest BCUT2D eigenvalue weighted by Gasteiger charge is 2.17. The van der Waals surface area contributed by atoms with Crippen LogP contribution in [0.5, 0.6) is 0 Å². The van der Waals surface area contributed by atoms with Crippen LogP contribution in [0.1, 0.15) is 15.9 Å². The fraction of sp³-hybridized carbons (Fsp3) is 0.0588. The summed E-state index contributed by atoms with van der Waals surface area (Å²) in [6.07, 6.45) is 1.15. The lowest BCUT2D eigenvalue weighted by molar-refractivity contribution is 0.0695. The molecule has 0 spiro atoms. The zero-order valence-corrected chi connectivity index (χ0v) is 11.8. The summed E-state index contributed by atoms with van der Waals surface area (Å²) in [6.45, 7) is 0.225. The van der Waals surface area contributed by atoms with Crippen molar-refractivity contribution >= 4 is 16.9 Å². The minimum absolute atomic E-state index is 0.141. The number of carboxylic acids is 1. The normalized spacial score (nSPS) is 10.9. The van der Waals surface area contributed by atoms with Gasteiger partial charge in [-0.3, -0.25) is 4.79 Å². The van der Waals surface area contributed by atoms with E-state index in [4.69, 9.17) is 5.11 Å².